The highest BCUT2D eigenvalue weighted by Crippen LogP contribution is 2.14. The van der Waals surface area contributed by atoms with Gasteiger partial charge in [-0.2, -0.15) is 4.37 Å². The molecule has 0 amide bonds. The standard InChI is InChI=1S/C7H5NO3S/c1-11-6-4-5(12-8-6)2-3-7(9)10/h4H,1H3,(H,9,10). The molecule has 5 heteroatoms. The van der Waals surface area contributed by atoms with Crippen molar-refractivity contribution in [1.29, 1.82) is 0 Å². The summed E-state index contributed by atoms with van der Waals surface area (Å²) in [5.41, 5.74) is 0. The zero-order valence-corrected chi connectivity index (χ0v) is 7.01. The number of nitrogens with zero attached hydrogens (tertiary/aromatic N) is 1. The van der Waals surface area contributed by atoms with Crippen LogP contribution in [0.3, 0.4) is 0 Å². The number of hydrogen-bond acceptors (Lipinski definition) is 4. The third-order valence-electron chi connectivity index (χ3n) is 0.990. The van der Waals surface area contributed by atoms with E-state index in [9.17, 15) is 4.79 Å². The summed E-state index contributed by atoms with van der Waals surface area (Å²) in [7, 11) is 1.49. The first-order valence-corrected chi connectivity index (χ1v) is 3.75. The molecule has 0 aliphatic rings. The average molecular weight is 183 g/mol. The van der Waals surface area contributed by atoms with Gasteiger partial charge in [0.15, 0.2) is 0 Å². The number of aromatic nitrogens is 1. The van der Waals surface area contributed by atoms with Crippen molar-refractivity contribution in [2.24, 2.45) is 0 Å². The Labute approximate surface area is 73.0 Å². The number of carbonyl (C=O) groups is 1. The Bertz CT molecular complexity index is 347. The lowest BCUT2D eigenvalue weighted by Crippen LogP contribution is -1.86. The molecular weight excluding hydrogens is 178 g/mol. The molecule has 0 atom stereocenters. The highest BCUT2D eigenvalue weighted by Gasteiger charge is 1.97. The van der Waals surface area contributed by atoms with Gasteiger partial charge in [0.1, 0.15) is 4.88 Å². The molecule has 12 heavy (non-hydrogen) atoms. The van der Waals surface area contributed by atoms with Crippen LogP contribution in [0.5, 0.6) is 5.88 Å². The molecule has 0 aliphatic carbocycles. The van der Waals surface area contributed by atoms with Crippen molar-refractivity contribution in [3.63, 3.8) is 0 Å². The van der Waals surface area contributed by atoms with E-state index < -0.39 is 5.97 Å². The molecule has 0 saturated carbocycles. The second kappa shape index (κ2) is 3.74. The van der Waals surface area contributed by atoms with E-state index in [2.05, 4.69) is 10.3 Å². The largest absolute Gasteiger partial charge is 0.480 e. The lowest BCUT2D eigenvalue weighted by atomic mass is 10.4. The summed E-state index contributed by atoms with van der Waals surface area (Å²) in [5.74, 6) is 3.71. The summed E-state index contributed by atoms with van der Waals surface area (Å²) >= 11 is 1.10. The van der Waals surface area contributed by atoms with E-state index in [4.69, 9.17) is 9.84 Å². The monoisotopic (exact) mass is 183 g/mol. The van der Waals surface area contributed by atoms with Crippen LogP contribution in [0.2, 0.25) is 0 Å². The van der Waals surface area contributed by atoms with Crippen LogP contribution in [0, 0.1) is 11.8 Å². The van der Waals surface area contributed by atoms with Crippen molar-refractivity contribution < 1.29 is 14.6 Å². The molecular formula is C7H5NO3S. The minimum Gasteiger partial charge on any atom is -0.480 e. The SMILES string of the molecule is COc1cc(C#CC(=O)O)sn1. The van der Waals surface area contributed by atoms with Crippen molar-refractivity contribution in [2.75, 3.05) is 7.11 Å². The molecule has 0 radical (unpaired) electrons. The predicted molar refractivity (Wildman–Crippen MR) is 43.2 cm³/mol. The molecule has 1 heterocycles. The van der Waals surface area contributed by atoms with E-state index >= 15 is 0 Å². The second-order valence-electron chi connectivity index (χ2n) is 1.79. The molecule has 1 rings (SSSR count). The number of hydrogen-bond donors (Lipinski definition) is 1. The van der Waals surface area contributed by atoms with Crippen molar-refractivity contribution in [1.82, 2.24) is 4.37 Å². The minimum absolute atomic E-state index is 0.453. The quantitative estimate of drug-likeness (QED) is 0.647. The van der Waals surface area contributed by atoms with Crippen LogP contribution >= 0.6 is 11.5 Å². The molecule has 0 spiro atoms. The fraction of sp³-hybridized carbons (Fsp3) is 0.143. The maximum absolute atomic E-state index is 10.0. The van der Waals surface area contributed by atoms with Crippen LogP contribution in [-0.4, -0.2) is 22.6 Å². The Morgan fingerprint density at radius 2 is 2.58 bits per heavy atom. The first kappa shape index (κ1) is 8.56. The van der Waals surface area contributed by atoms with E-state index in [0.717, 1.165) is 11.5 Å². The maximum atomic E-state index is 10.0. The van der Waals surface area contributed by atoms with Gasteiger partial charge in [-0.05, 0) is 17.5 Å². The summed E-state index contributed by atoms with van der Waals surface area (Å²) in [6, 6.07) is 1.58. The Morgan fingerprint density at radius 1 is 1.83 bits per heavy atom. The number of methoxy groups -OCH3 is 1. The third kappa shape index (κ3) is 2.25. The molecule has 4 nitrogen and oxygen atoms in total. The molecule has 0 bridgehead atoms. The lowest BCUT2D eigenvalue weighted by Gasteiger charge is -1.85. The van der Waals surface area contributed by atoms with Crippen LogP contribution in [0.1, 0.15) is 4.88 Å². The number of ether oxygens (including phenoxy) is 1. The summed E-state index contributed by atoms with van der Waals surface area (Å²) in [5, 5.41) is 8.22. The van der Waals surface area contributed by atoms with Crippen LogP contribution in [0.4, 0.5) is 0 Å². The zero-order chi connectivity index (χ0) is 8.97. The summed E-state index contributed by atoms with van der Waals surface area (Å²) in [6.45, 7) is 0. The number of aliphatic carboxylic acids is 1. The van der Waals surface area contributed by atoms with Crippen LogP contribution < -0.4 is 4.74 Å². The summed E-state index contributed by atoms with van der Waals surface area (Å²) in [4.78, 5) is 10.6. The van der Waals surface area contributed by atoms with E-state index in [0.29, 0.717) is 10.8 Å². The Morgan fingerprint density at radius 3 is 3.08 bits per heavy atom. The van der Waals surface area contributed by atoms with Gasteiger partial charge in [0.05, 0.1) is 7.11 Å². The normalized spacial score (nSPS) is 8.42. The minimum atomic E-state index is -1.15. The molecule has 0 aromatic carbocycles. The van der Waals surface area contributed by atoms with Gasteiger partial charge in [-0.15, -0.1) is 0 Å². The number of rotatable bonds is 1. The van der Waals surface area contributed by atoms with Gasteiger partial charge in [-0.3, -0.25) is 0 Å². The average Bonchev–Trinajstić information content (AvgIpc) is 2.48. The topological polar surface area (TPSA) is 59.4 Å². The molecule has 0 unspecified atom stereocenters. The van der Waals surface area contributed by atoms with E-state index in [1.165, 1.54) is 7.11 Å². The fourth-order valence-corrected chi connectivity index (χ4v) is 1.09. The van der Waals surface area contributed by atoms with Gasteiger partial charge in [-0.25, -0.2) is 4.79 Å². The number of carboxylic acids is 1. The van der Waals surface area contributed by atoms with Crippen LogP contribution in [0.15, 0.2) is 6.07 Å². The molecule has 0 aliphatic heterocycles. The van der Waals surface area contributed by atoms with Crippen molar-refractivity contribution in [3.05, 3.63) is 10.9 Å². The Balaban J connectivity index is 2.78. The summed E-state index contributed by atoms with van der Waals surface area (Å²) in [6.07, 6.45) is 0. The van der Waals surface area contributed by atoms with E-state index in [1.807, 2.05) is 5.92 Å². The molecule has 1 aromatic heterocycles. The van der Waals surface area contributed by atoms with Gasteiger partial charge in [0.25, 0.3) is 0 Å². The second-order valence-corrected chi connectivity index (χ2v) is 2.59. The Kier molecular flexibility index (Phi) is 2.66. The van der Waals surface area contributed by atoms with Crippen LogP contribution in [0.25, 0.3) is 0 Å². The zero-order valence-electron chi connectivity index (χ0n) is 6.20. The smallest absolute Gasteiger partial charge is 0.382 e. The van der Waals surface area contributed by atoms with Gasteiger partial charge in [0, 0.05) is 12.0 Å². The number of carboxylic acid groups (broad SMARTS) is 1. The van der Waals surface area contributed by atoms with Crippen LogP contribution in [-0.2, 0) is 4.79 Å². The van der Waals surface area contributed by atoms with E-state index in [1.54, 1.807) is 6.07 Å². The van der Waals surface area contributed by atoms with Crippen molar-refractivity contribution >= 4 is 17.5 Å². The fourth-order valence-electron chi connectivity index (χ4n) is 0.529. The molecule has 1 aromatic rings. The first-order chi connectivity index (χ1) is 5.72. The molecule has 62 valence electrons. The maximum Gasteiger partial charge on any atom is 0.382 e. The van der Waals surface area contributed by atoms with Crippen molar-refractivity contribution in [3.8, 4) is 17.7 Å². The Hall–Kier alpha value is -1.54. The van der Waals surface area contributed by atoms with Gasteiger partial charge < -0.3 is 9.84 Å². The third-order valence-corrected chi connectivity index (χ3v) is 1.68. The van der Waals surface area contributed by atoms with Crippen molar-refractivity contribution in [2.45, 2.75) is 0 Å². The van der Waals surface area contributed by atoms with Gasteiger partial charge in [-0.1, -0.05) is 0 Å². The van der Waals surface area contributed by atoms with Gasteiger partial charge >= 0.3 is 5.97 Å². The first-order valence-electron chi connectivity index (χ1n) is 2.98. The summed E-state index contributed by atoms with van der Waals surface area (Å²) < 4.78 is 8.62. The lowest BCUT2D eigenvalue weighted by molar-refractivity contribution is -0.130. The predicted octanol–water partition coefficient (Wildman–Crippen LogP) is 0.588. The molecule has 0 saturated heterocycles. The van der Waals surface area contributed by atoms with E-state index in [-0.39, 0.29) is 0 Å². The highest BCUT2D eigenvalue weighted by molar-refractivity contribution is 7.06. The molecule has 0 fully saturated rings. The highest BCUT2D eigenvalue weighted by atomic mass is 32.1. The van der Waals surface area contributed by atoms with Gasteiger partial charge in [0.2, 0.25) is 5.88 Å². The molecule has 1 N–H and O–H groups in total.